The van der Waals surface area contributed by atoms with Crippen LogP contribution in [0.1, 0.15) is 25.0 Å². The van der Waals surface area contributed by atoms with Gasteiger partial charge in [-0.05, 0) is 55.9 Å². The lowest BCUT2D eigenvalue weighted by molar-refractivity contribution is -0.134. The van der Waals surface area contributed by atoms with Gasteiger partial charge in [-0.2, -0.15) is 10.2 Å². The van der Waals surface area contributed by atoms with Crippen LogP contribution in [0.2, 0.25) is 5.02 Å². The molecule has 1 spiro atoms. The highest BCUT2D eigenvalue weighted by atomic mass is 35.5. The van der Waals surface area contributed by atoms with E-state index in [-0.39, 0.29) is 11.7 Å². The molecule has 8 heteroatoms. The van der Waals surface area contributed by atoms with Crippen molar-refractivity contribution < 1.29 is 9.53 Å². The molecule has 0 amide bonds. The Morgan fingerprint density at radius 2 is 1.67 bits per heavy atom. The minimum atomic E-state index is -0.996. The zero-order valence-corrected chi connectivity index (χ0v) is 19.7. The van der Waals surface area contributed by atoms with Crippen molar-refractivity contribution in [1.29, 1.82) is 0 Å². The van der Waals surface area contributed by atoms with Crippen molar-refractivity contribution in [2.24, 2.45) is 10.2 Å². The van der Waals surface area contributed by atoms with Crippen LogP contribution in [0.5, 0.6) is 0 Å². The predicted molar refractivity (Wildman–Crippen MR) is 135 cm³/mol. The zero-order valence-electron chi connectivity index (χ0n) is 18.1. The van der Waals surface area contributed by atoms with Crippen LogP contribution < -0.4 is 10.0 Å². The monoisotopic (exact) mass is 476 g/mol. The Kier molecular flexibility index (Phi) is 5.60. The summed E-state index contributed by atoms with van der Waals surface area (Å²) < 4.78 is 5.32. The Hall–Kier alpha value is -3.29. The highest BCUT2D eigenvalue weighted by molar-refractivity contribution is 8.16. The average Bonchev–Trinajstić information content (AvgIpc) is 3.24. The normalized spacial score (nSPS) is 19.2. The molecule has 1 atom stereocenters. The molecule has 0 saturated carbocycles. The third kappa shape index (κ3) is 3.57. The molecule has 166 valence electrons. The molecular formula is C25H21ClN4O2S. The van der Waals surface area contributed by atoms with Crippen LogP contribution in [0, 0.1) is 0 Å². The summed E-state index contributed by atoms with van der Waals surface area (Å²) in [5.74, 6) is -0.469. The summed E-state index contributed by atoms with van der Waals surface area (Å²) in [7, 11) is 0. The Morgan fingerprint density at radius 1 is 0.970 bits per heavy atom. The summed E-state index contributed by atoms with van der Waals surface area (Å²) in [6.45, 7) is 4.03. The lowest BCUT2D eigenvalue weighted by atomic mass is 9.98. The van der Waals surface area contributed by atoms with E-state index in [0.29, 0.717) is 5.02 Å². The molecule has 0 unspecified atom stereocenters. The van der Waals surface area contributed by atoms with Gasteiger partial charge in [0.1, 0.15) is 0 Å². The highest BCUT2D eigenvalue weighted by Crippen LogP contribution is 2.54. The molecule has 5 rings (SSSR count). The molecule has 0 bridgehead atoms. The second-order valence-corrected chi connectivity index (χ2v) is 9.10. The first-order chi connectivity index (χ1) is 16.0. The number of hydrogen-bond donors (Lipinski definition) is 0. The SMILES string of the molecule is CCOC(=O)C1=NN(c2cccc(Cl)c2)[C@]2(S1)c1ccccc1C(C)=NN2c1ccccc1. The minimum absolute atomic E-state index is 0.252. The van der Waals surface area contributed by atoms with E-state index in [1.807, 2.05) is 89.7 Å². The van der Waals surface area contributed by atoms with E-state index in [4.69, 9.17) is 26.5 Å². The number of rotatable bonds is 4. The molecule has 33 heavy (non-hydrogen) atoms. The van der Waals surface area contributed by atoms with Crippen LogP contribution in [0.4, 0.5) is 11.4 Å². The first kappa shape index (κ1) is 21.6. The molecular weight excluding hydrogens is 456 g/mol. The van der Waals surface area contributed by atoms with Crippen molar-refractivity contribution in [3.63, 3.8) is 0 Å². The number of esters is 1. The number of hydrogen-bond acceptors (Lipinski definition) is 7. The van der Waals surface area contributed by atoms with Gasteiger partial charge in [0.2, 0.25) is 10.0 Å². The number of nitrogens with zero attached hydrogens (tertiary/aromatic N) is 4. The number of anilines is 2. The van der Waals surface area contributed by atoms with E-state index in [1.54, 1.807) is 6.92 Å². The number of fused-ring (bicyclic) bond motifs is 2. The van der Waals surface area contributed by atoms with Crippen molar-refractivity contribution >= 4 is 51.5 Å². The number of halogens is 1. The van der Waals surface area contributed by atoms with Crippen LogP contribution in [0.25, 0.3) is 0 Å². The van der Waals surface area contributed by atoms with E-state index in [2.05, 4.69) is 6.07 Å². The summed E-state index contributed by atoms with van der Waals surface area (Å²) in [4.78, 5) is 11.9. The molecule has 0 aromatic heterocycles. The van der Waals surface area contributed by atoms with Gasteiger partial charge in [0.05, 0.1) is 23.7 Å². The van der Waals surface area contributed by atoms with E-state index >= 15 is 0 Å². The van der Waals surface area contributed by atoms with Crippen molar-refractivity contribution in [1.82, 2.24) is 0 Å². The van der Waals surface area contributed by atoms with Gasteiger partial charge in [-0.15, -0.1) is 0 Å². The smallest absolute Gasteiger partial charge is 0.365 e. The molecule has 2 aliphatic heterocycles. The summed E-state index contributed by atoms with van der Waals surface area (Å²) in [5, 5.41) is 14.3. The molecule has 0 radical (unpaired) electrons. The minimum Gasteiger partial charge on any atom is -0.461 e. The first-order valence-corrected chi connectivity index (χ1v) is 11.7. The summed E-state index contributed by atoms with van der Waals surface area (Å²) in [6.07, 6.45) is 0. The van der Waals surface area contributed by atoms with Gasteiger partial charge < -0.3 is 4.74 Å². The maximum atomic E-state index is 12.9. The van der Waals surface area contributed by atoms with Gasteiger partial charge in [-0.1, -0.05) is 60.1 Å². The first-order valence-electron chi connectivity index (χ1n) is 10.6. The molecule has 0 fully saturated rings. The van der Waals surface area contributed by atoms with Gasteiger partial charge in [0.15, 0.2) is 0 Å². The fourth-order valence-corrected chi connectivity index (χ4v) is 5.52. The number of carbonyl (C=O) groups is 1. The summed E-state index contributed by atoms with van der Waals surface area (Å²) >= 11 is 7.68. The number of para-hydroxylation sites is 1. The van der Waals surface area contributed by atoms with Crippen molar-refractivity contribution in [2.75, 3.05) is 16.6 Å². The number of benzene rings is 3. The highest BCUT2D eigenvalue weighted by Gasteiger charge is 2.56. The number of thioether (sulfide) groups is 1. The molecule has 0 N–H and O–H groups in total. The van der Waals surface area contributed by atoms with Crippen molar-refractivity contribution in [2.45, 2.75) is 18.8 Å². The Bertz CT molecular complexity index is 1280. The van der Waals surface area contributed by atoms with Gasteiger partial charge in [0, 0.05) is 16.1 Å². The number of ether oxygens (including phenoxy) is 1. The third-order valence-electron chi connectivity index (χ3n) is 5.43. The van der Waals surface area contributed by atoms with E-state index in [1.165, 1.54) is 11.8 Å². The molecule has 2 heterocycles. The second-order valence-electron chi connectivity index (χ2n) is 7.51. The quantitative estimate of drug-likeness (QED) is 0.444. The molecule has 0 aliphatic carbocycles. The number of hydrazone groups is 2. The fourth-order valence-electron chi connectivity index (χ4n) is 4.05. The van der Waals surface area contributed by atoms with Gasteiger partial charge in [0.25, 0.3) is 0 Å². The van der Waals surface area contributed by atoms with Gasteiger partial charge in [-0.25, -0.2) is 14.8 Å². The van der Waals surface area contributed by atoms with Gasteiger partial charge >= 0.3 is 5.97 Å². The lowest BCUT2D eigenvalue weighted by Crippen LogP contribution is -2.53. The van der Waals surface area contributed by atoms with Crippen molar-refractivity contribution in [3.8, 4) is 0 Å². The Balaban J connectivity index is 1.79. The Labute approximate surface area is 201 Å². The zero-order chi connectivity index (χ0) is 23.0. The molecule has 3 aromatic carbocycles. The van der Waals surface area contributed by atoms with Crippen LogP contribution in [-0.2, 0) is 14.5 Å². The number of carbonyl (C=O) groups excluding carboxylic acids is 1. The summed E-state index contributed by atoms with van der Waals surface area (Å²) in [5.41, 5.74) is 4.43. The largest absolute Gasteiger partial charge is 0.461 e. The maximum Gasteiger partial charge on any atom is 0.365 e. The second kappa shape index (κ2) is 8.57. The summed E-state index contributed by atoms with van der Waals surface area (Å²) in [6, 6.07) is 25.4. The van der Waals surface area contributed by atoms with Crippen LogP contribution in [0.3, 0.4) is 0 Å². The molecule has 0 saturated heterocycles. The predicted octanol–water partition coefficient (Wildman–Crippen LogP) is 5.82. The molecule has 3 aromatic rings. The maximum absolute atomic E-state index is 12.9. The van der Waals surface area contributed by atoms with E-state index < -0.39 is 11.0 Å². The van der Waals surface area contributed by atoms with Crippen molar-refractivity contribution in [3.05, 3.63) is 95.0 Å². The molecule has 2 aliphatic rings. The lowest BCUT2D eigenvalue weighted by Gasteiger charge is -2.46. The third-order valence-corrected chi connectivity index (χ3v) is 6.95. The fraction of sp³-hybridized carbons (Fsp3) is 0.160. The van der Waals surface area contributed by atoms with Gasteiger partial charge in [-0.3, -0.25) is 0 Å². The standard InChI is InChI=1S/C25H21ClN4O2S/c1-3-32-24(31)23-28-30(20-13-9-10-18(26)16-20)25(33-23)22-15-8-7-14-21(22)17(2)27-29(25)19-11-5-4-6-12-19/h4-16H,3H2,1-2H3/t25-/m0/s1. The average molecular weight is 477 g/mol. The molecule has 6 nitrogen and oxygen atoms in total. The van der Waals surface area contributed by atoms with Crippen LogP contribution >= 0.6 is 23.4 Å². The van der Waals surface area contributed by atoms with E-state index in [0.717, 1.165) is 28.2 Å². The van der Waals surface area contributed by atoms with Crippen LogP contribution in [0.15, 0.2) is 89.1 Å². The van der Waals surface area contributed by atoms with Crippen LogP contribution in [-0.4, -0.2) is 23.3 Å². The topological polar surface area (TPSA) is 57.5 Å². The van der Waals surface area contributed by atoms with E-state index in [9.17, 15) is 4.79 Å². The Morgan fingerprint density at radius 3 is 2.42 bits per heavy atom.